The molecule has 0 aliphatic rings. The molecule has 0 aromatic carbocycles. The van der Waals surface area contributed by atoms with Crippen molar-refractivity contribution in [1.29, 1.82) is 0 Å². The monoisotopic (exact) mass is 294 g/mol. The Morgan fingerprint density at radius 3 is 1.17 bits per heavy atom. The third-order valence-corrected chi connectivity index (χ3v) is 0. The van der Waals surface area contributed by atoms with Gasteiger partial charge in [0.05, 0.1) is 0 Å². The zero-order valence-corrected chi connectivity index (χ0v) is 9.02. The summed E-state index contributed by atoms with van der Waals surface area (Å²) < 4.78 is 16.8. The summed E-state index contributed by atoms with van der Waals surface area (Å²) in [5.74, 6) is 0. The Bertz CT molecular complexity index is 34.5. The fourth-order valence-electron chi connectivity index (χ4n) is 0. The van der Waals surface area contributed by atoms with Crippen molar-refractivity contribution in [1.82, 2.24) is 0 Å². The average Bonchev–Trinajstić information content (AvgIpc) is 0.918. The van der Waals surface area contributed by atoms with Gasteiger partial charge in [-0.25, -0.2) is 0 Å². The molecule has 0 spiro atoms. The van der Waals surface area contributed by atoms with E-state index in [-0.39, 0.29) is 58.9 Å². The van der Waals surface area contributed by atoms with E-state index in [2.05, 4.69) is 0 Å². The van der Waals surface area contributed by atoms with Crippen LogP contribution in [-0.2, 0) is 67.9 Å². The zero-order chi connectivity index (χ0) is 2.71. The fourth-order valence-corrected chi connectivity index (χ4v) is 0. The van der Waals surface area contributed by atoms with Gasteiger partial charge in [-0.3, -0.25) is 8.92 Å². The van der Waals surface area contributed by atoms with Crippen molar-refractivity contribution in [3.63, 3.8) is 0 Å². The van der Waals surface area contributed by atoms with Gasteiger partial charge in [-0.1, -0.05) is 0 Å². The predicted molar refractivity (Wildman–Crippen MR) is 7.13 cm³/mol. The second kappa shape index (κ2) is 29.9. The van der Waals surface area contributed by atoms with E-state index in [0.717, 1.165) is 0 Å². The van der Waals surface area contributed by atoms with Crippen LogP contribution in [0, 0.1) is 0 Å². The van der Waals surface area contributed by atoms with E-state index in [4.69, 9.17) is 8.92 Å². The maximum Gasteiger partial charge on any atom is 0.549 e. The second-order valence-electron chi connectivity index (χ2n) is 0.0833. The van der Waals surface area contributed by atoms with Crippen molar-refractivity contribution in [2.75, 3.05) is 0 Å². The Balaban J connectivity index is -0.00000000667. The minimum Gasteiger partial charge on any atom is -0.274 e. The minimum atomic E-state index is -1.42. The van der Waals surface area contributed by atoms with Gasteiger partial charge in [0.15, 0.2) is 0 Å². The Hall–Kier alpha value is 1.70. The average molecular weight is 297 g/mol. The molecule has 0 atom stereocenters. The molecule has 0 amide bonds. The van der Waals surface area contributed by atoms with Gasteiger partial charge in [0.2, 0.25) is 0 Å². The third-order valence-electron chi connectivity index (χ3n) is 0. The first-order chi connectivity index (χ1) is 1.41. The molecule has 0 bridgehead atoms. The maximum absolute atomic E-state index is 8.40. The number of hydrogen-bond donors (Lipinski definition) is 0. The van der Waals surface area contributed by atoms with Crippen LogP contribution in [0.3, 0.4) is 0 Å². The van der Waals surface area contributed by atoms with Gasteiger partial charge < -0.3 is 0 Å². The molecule has 0 unspecified atom stereocenters. The van der Waals surface area contributed by atoms with Gasteiger partial charge in [-0.2, -0.15) is 0 Å². The molecule has 0 saturated heterocycles. The molecule has 2 nitrogen and oxygen atoms in total. The maximum atomic E-state index is 8.40. The molecule has 0 aromatic rings. The standard InChI is InChI=1S/Ag.Cu.O2Si.Zn/c;;1-3-2;. The van der Waals surface area contributed by atoms with Crippen LogP contribution >= 0.6 is 0 Å². The molecule has 2 radical (unpaired) electrons. The van der Waals surface area contributed by atoms with Crippen molar-refractivity contribution in [3.8, 4) is 0 Å². The summed E-state index contributed by atoms with van der Waals surface area (Å²) in [5.41, 5.74) is 0. The summed E-state index contributed by atoms with van der Waals surface area (Å²) >= 11 is 0. The van der Waals surface area contributed by atoms with Crippen LogP contribution in [0.1, 0.15) is 0 Å². The van der Waals surface area contributed by atoms with E-state index < -0.39 is 9.29 Å². The largest absolute Gasteiger partial charge is 0.549 e. The Morgan fingerprint density at radius 1 is 1.17 bits per heavy atom. The van der Waals surface area contributed by atoms with Crippen LogP contribution < -0.4 is 0 Å². The fraction of sp³-hybridized carbons (Fsp3) is 0. The van der Waals surface area contributed by atoms with Gasteiger partial charge in [0, 0.05) is 58.9 Å². The van der Waals surface area contributed by atoms with E-state index in [1.165, 1.54) is 0 Å². The molecule has 0 rings (SSSR count). The minimum absolute atomic E-state index is 0. The molecule has 0 aliphatic carbocycles. The van der Waals surface area contributed by atoms with Crippen LogP contribution in [0.2, 0.25) is 0 Å². The van der Waals surface area contributed by atoms with Crippen molar-refractivity contribution in [2.24, 2.45) is 0 Å². The molecule has 0 heterocycles. The molecule has 6 heavy (non-hydrogen) atoms. The summed E-state index contributed by atoms with van der Waals surface area (Å²) in [4.78, 5) is 0. The SMILES string of the molecule is O=[Si]=O.[Ag].[Cu].[Zn]. The van der Waals surface area contributed by atoms with E-state index >= 15 is 0 Å². The molecule has 0 aliphatic heterocycles. The first kappa shape index (κ1) is 25.2. The molecular weight excluding hydrogens is 297 g/mol. The molecule has 0 fully saturated rings. The summed E-state index contributed by atoms with van der Waals surface area (Å²) in [6, 6.07) is 0. The van der Waals surface area contributed by atoms with Crippen LogP contribution in [-0.4, -0.2) is 9.29 Å². The molecule has 6 heteroatoms. The van der Waals surface area contributed by atoms with E-state index in [1.807, 2.05) is 0 Å². The molecule has 0 N–H and O–H groups in total. The summed E-state index contributed by atoms with van der Waals surface area (Å²) in [6.45, 7) is 0. The molecule has 40 valence electrons. The van der Waals surface area contributed by atoms with Crippen molar-refractivity contribution >= 4 is 9.29 Å². The van der Waals surface area contributed by atoms with Gasteiger partial charge in [-0.15, -0.1) is 0 Å². The van der Waals surface area contributed by atoms with E-state index in [1.54, 1.807) is 0 Å². The third kappa shape index (κ3) is 43.6. The summed E-state index contributed by atoms with van der Waals surface area (Å²) in [7, 11) is -1.42. The predicted octanol–water partition coefficient (Wildman–Crippen LogP) is -0.626. The second-order valence-corrected chi connectivity index (χ2v) is 0.250. The summed E-state index contributed by atoms with van der Waals surface area (Å²) in [5, 5.41) is 0. The van der Waals surface area contributed by atoms with E-state index in [0.29, 0.717) is 0 Å². The van der Waals surface area contributed by atoms with Crippen LogP contribution in [0.5, 0.6) is 0 Å². The van der Waals surface area contributed by atoms with Crippen molar-refractivity contribution in [3.05, 3.63) is 0 Å². The topological polar surface area (TPSA) is 34.1 Å². The Kier molecular flexibility index (Phi) is 126. The van der Waals surface area contributed by atoms with Crippen LogP contribution in [0.4, 0.5) is 0 Å². The molecule has 0 saturated carbocycles. The number of rotatable bonds is 0. The Labute approximate surface area is 76.5 Å². The smallest absolute Gasteiger partial charge is 0.274 e. The van der Waals surface area contributed by atoms with Gasteiger partial charge >= 0.3 is 9.29 Å². The van der Waals surface area contributed by atoms with Crippen LogP contribution in [0.25, 0.3) is 0 Å². The quantitative estimate of drug-likeness (QED) is 0.558. The first-order valence-corrected chi connectivity index (χ1v) is 1.22. The van der Waals surface area contributed by atoms with Crippen LogP contribution in [0.15, 0.2) is 0 Å². The van der Waals surface area contributed by atoms with Gasteiger partial charge in [-0.05, 0) is 0 Å². The van der Waals surface area contributed by atoms with Gasteiger partial charge in [0.1, 0.15) is 0 Å². The molecular formula is AgCuO2SiZn. The summed E-state index contributed by atoms with van der Waals surface area (Å²) in [6.07, 6.45) is 0. The normalized spacial score (nSPS) is 1.33. The first-order valence-electron chi connectivity index (χ1n) is 0.408. The zero-order valence-electron chi connectivity index (χ0n) is 2.63. The van der Waals surface area contributed by atoms with Crippen molar-refractivity contribution < 1.29 is 67.9 Å². The van der Waals surface area contributed by atoms with E-state index in [9.17, 15) is 0 Å². The number of hydrogen-bond acceptors (Lipinski definition) is 2. The van der Waals surface area contributed by atoms with Gasteiger partial charge in [0.25, 0.3) is 0 Å². The Morgan fingerprint density at radius 2 is 1.17 bits per heavy atom. The van der Waals surface area contributed by atoms with Crippen molar-refractivity contribution in [2.45, 2.75) is 0 Å². The molecule has 0 aromatic heterocycles.